The van der Waals surface area contributed by atoms with E-state index < -0.39 is 5.97 Å². The lowest BCUT2D eigenvalue weighted by atomic mass is 9.99. The van der Waals surface area contributed by atoms with Crippen LogP contribution in [0.2, 0.25) is 0 Å². The molecule has 0 bridgehead atoms. The van der Waals surface area contributed by atoms with Gasteiger partial charge in [-0.3, -0.25) is 4.79 Å². The molecule has 0 heterocycles. The summed E-state index contributed by atoms with van der Waals surface area (Å²) in [5, 5.41) is 11.4. The van der Waals surface area contributed by atoms with Gasteiger partial charge in [-0.05, 0) is 19.4 Å². The number of hydrogen-bond acceptors (Lipinski definition) is 3. The fourth-order valence-electron chi connectivity index (χ4n) is 1.24. The largest absolute Gasteiger partial charge is 0.481 e. The first-order valence-electron chi connectivity index (χ1n) is 4.18. The molecule has 4 heteroatoms. The molecular weight excluding hydrogens is 156 g/mol. The first kappa shape index (κ1) is 11.4. The van der Waals surface area contributed by atoms with E-state index >= 15 is 0 Å². The molecule has 0 saturated heterocycles. The quantitative estimate of drug-likeness (QED) is 0.531. The van der Waals surface area contributed by atoms with E-state index in [1.807, 2.05) is 14.0 Å². The van der Waals surface area contributed by atoms with Crippen molar-refractivity contribution >= 4 is 5.97 Å². The summed E-state index contributed by atoms with van der Waals surface area (Å²) in [6.45, 7) is 2.65. The Morgan fingerprint density at radius 3 is 2.67 bits per heavy atom. The molecule has 0 aliphatic heterocycles. The van der Waals surface area contributed by atoms with E-state index in [0.717, 1.165) is 13.0 Å². The minimum Gasteiger partial charge on any atom is -0.481 e. The average Bonchev–Trinajstić information content (AvgIpc) is 1.84. The van der Waals surface area contributed by atoms with Crippen LogP contribution in [0, 0.1) is 5.92 Å². The molecule has 72 valence electrons. The predicted molar refractivity (Wildman–Crippen MR) is 47.9 cm³/mol. The van der Waals surface area contributed by atoms with Crippen molar-refractivity contribution in [1.82, 2.24) is 5.32 Å². The van der Waals surface area contributed by atoms with Crippen LogP contribution in [0.15, 0.2) is 0 Å². The van der Waals surface area contributed by atoms with Crippen molar-refractivity contribution < 1.29 is 9.90 Å². The third-order valence-corrected chi connectivity index (χ3v) is 1.69. The zero-order valence-corrected chi connectivity index (χ0v) is 7.71. The highest BCUT2D eigenvalue weighted by Gasteiger charge is 2.11. The van der Waals surface area contributed by atoms with Crippen LogP contribution in [0.1, 0.15) is 19.8 Å². The molecule has 0 aromatic heterocycles. The third kappa shape index (κ3) is 6.12. The van der Waals surface area contributed by atoms with E-state index in [0.29, 0.717) is 0 Å². The standard InChI is InChI=1S/C8H18N2O2/c1-6(4-8(11)12)3-7(9)5-10-2/h6-7,10H,3-5,9H2,1-2H3,(H,11,12)/t6-,7+/m1/s1. The topological polar surface area (TPSA) is 75.3 Å². The van der Waals surface area contributed by atoms with Gasteiger partial charge in [-0.1, -0.05) is 6.92 Å². The van der Waals surface area contributed by atoms with Gasteiger partial charge in [0.1, 0.15) is 0 Å². The first-order chi connectivity index (χ1) is 5.56. The lowest BCUT2D eigenvalue weighted by molar-refractivity contribution is -0.138. The number of carboxylic acid groups (broad SMARTS) is 1. The third-order valence-electron chi connectivity index (χ3n) is 1.69. The Labute approximate surface area is 73.1 Å². The molecule has 0 aliphatic rings. The smallest absolute Gasteiger partial charge is 0.303 e. The second kappa shape index (κ2) is 5.97. The number of likely N-dealkylation sites (N-methyl/N-ethyl adjacent to an activating group) is 1. The summed E-state index contributed by atoms with van der Waals surface area (Å²) in [6.07, 6.45) is 0.963. The Morgan fingerprint density at radius 2 is 2.25 bits per heavy atom. The second-order valence-corrected chi connectivity index (χ2v) is 3.26. The van der Waals surface area contributed by atoms with Gasteiger partial charge in [0.25, 0.3) is 0 Å². The SMILES string of the molecule is CNC[C@@H](N)C[C@@H](C)CC(=O)O. The minimum atomic E-state index is -0.751. The zero-order valence-electron chi connectivity index (χ0n) is 7.71. The molecule has 12 heavy (non-hydrogen) atoms. The molecule has 0 amide bonds. The van der Waals surface area contributed by atoms with Crippen molar-refractivity contribution in [2.75, 3.05) is 13.6 Å². The predicted octanol–water partition coefficient (Wildman–Crippen LogP) is 0.0340. The highest BCUT2D eigenvalue weighted by atomic mass is 16.4. The number of carboxylic acids is 1. The van der Waals surface area contributed by atoms with Crippen molar-refractivity contribution in [3.05, 3.63) is 0 Å². The van der Waals surface area contributed by atoms with Crippen LogP contribution in [0.4, 0.5) is 0 Å². The Bertz CT molecular complexity index is 139. The molecule has 0 spiro atoms. The van der Waals surface area contributed by atoms with Crippen LogP contribution in [0.3, 0.4) is 0 Å². The van der Waals surface area contributed by atoms with E-state index in [-0.39, 0.29) is 18.4 Å². The maximum atomic E-state index is 10.3. The number of aliphatic carboxylic acids is 1. The fourth-order valence-corrected chi connectivity index (χ4v) is 1.24. The van der Waals surface area contributed by atoms with E-state index in [9.17, 15) is 4.79 Å². The summed E-state index contributed by atoms with van der Waals surface area (Å²) in [4.78, 5) is 10.3. The maximum absolute atomic E-state index is 10.3. The highest BCUT2D eigenvalue weighted by molar-refractivity contribution is 5.66. The maximum Gasteiger partial charge on any atom is 0.303 e. The summed E-state index contributed by atoms with van der Waals surface area (Å²) in [7, 11) is 1.84. The Morgan fingerprint density at radius 1 is 1.67 bits per heavy atom. The molecule has 2 atom stereocenters. The Balaban J connectivity index is 3.53. The van der Waals surface area contributed by atoms with E-state index in [4.69, 9.17) is 10.8 Å². The molecule has 0 radical (unpaired) electrons. The molecule has 4 nitrogen and oxygen atoms in total. The van der Waals surface area contributed by atoms with Crippen molar-refractivity contribution in [1.29, 1.82) is 0 Å². The van der Waals surface area contributed by atoms with Gasteiger partial charge in [0.15, 0.2) is 0 Å². The van der Waals surface area contributed by atoms with Crippen LogP contribution in [-0.2, 0) is 4.79 Å². The van der Waals surface area contributed by atoms with Gasteiger partial charge in [0.2, 0.25) is 0 Å². The van der Waals surface area contributed by atoms with Crippen LogP contribution in [0.25, 0.3) is 0 Å². The number of hydrogen-bond donors (Lipinski definition) is 3. The normalized spacial score (nSPS) is 15.6. The minimum absolute atomic E-state index is 0.0596. The summed E-state index contributed by atoms with van der Waals surface area (Å²) < 4.78 is 0. The summed E-state index contributed by atoms with van der Waals surface area (Å²) in [5.74, 6) is -0.593. The molecular formula is C8H18N2O2. The zero-order chi connectivity index (χ0) is 9.56. The molecule has 4 N–H and O–H groups in total. The molecule has 0 saturated carbocycles. The van der Waals surface area contributed by atoms with Crippen LogP contribution >= 0.6 is 0 Å². The van der Waals surface area contributed by atoms with Crippen molar-refractivity contribution in [2.45, 2.75) is 25.8 Å². The average molecular weight is 174 g/mol. The molecule has 0 unspecified atom stereocenters. The lowest BCUT2D eigenvalue weighted by Gasteiger charge is -2.14. The highest BCUT2D eigenvalue weighted by Crippen LogP contribution is 2.08. The molecule has 0 aliphatic carbocycles. The second-order valence-electron chi connectivity index (χ2n) is 3.26. The molecule has 0 aromatic rings. The van der Waals surface area contributed by atoms with Gasteiger partial charge < -0.3 is 16.2 Å². The fraction of sp³-hybridized carbons (Fsp3) is 0.875. The number of nitrogens with two attached hydrogens (primary N) is 1. The van der Waals surface area contributed by atoms with Gasteiger partial charge in [0.05, 0.1) is 0 Å². The lowest BCUT2D eigenvalue weighted by Crippen LogP contribution is -2.33. The number of rotatable bonds is 6. The molecule has 0 aromatic carbocycles. The van der Waals surface area contributed by atoms with Gasteiger partial charge >= 0.3 is 5.97 Å². The Kier molecular flexibility index (Phi) is 5.66. The first-order valence-corrected chi connectivity index (χ1v) is 4.18. The van der Waals surface area contributed by atoms with Crippen molar-refractivity contribution in [3.8, 4) is 0 Å². The van der Waals surface area contributed by atoms with E-state index in [2.05, 4.69) is 5.32 Å². The van der Waals surface area contributed by atoms with Crippen molar-refractivity contribution in [3.63, 3.8) is 0 Å². The van der Waals surface area contributed by atoms with Crippen LogP contribution in [0.5, 0.6) is 0 Å². The van der Waals surface area contributed by atoms with Gasteiger partial charge in [0, 0.05) is 19.0 Å². The van der Waals surface area contributed by atoms with E-state index in [1.165, 1.54) is 0 Å². The summed E-state index contributed by atoms with van der Waals surface area (Å²) in [5.41, 5.74) is 5.71. The van der Waals surface area contributed by atoms with Crippen LogP contribution < -0.4 is 11.1 Å². The summed E-state index contributed by atoms with van der Waals surface area (Å²) >= 11 is 0. The van der Waals surface area contributed by atoms with Gasteiger partial charge in [-0.15, -0.1) is 0 Å². The van der Waals surface area contributed by atoms with Gasteiger partial charge in [-0.2, -0.15) is 0 Å². The van der Waals surface area contributed by atoms with E-state index in [1.54, 1.807) is 0 Å². The number of carbonyl (C=O) groups is 1. The number of nitrogens with one attached hydrogen (secondary N) is 1. The van der Waals surface area contributed by atoms with Crippen molar-refractivity contribution in [2.24, 2.45) is 11.7 Å². The monoisotopic (exact) mass is 174 g/mol. The Hall–Kier alpha value is -0.610. The molecule has 0 fully saturated rings. The molecule has 0 rings (SSSR count). The summed E-state index contributed by atoms with van der Waals surface area (Å²) in [6, 6.07) is 0.0596. The van der Waals surface area contributed by atoms with Gasteiger partial charge in [-0.25, -0.2) is 0 Å². The van der Waals surface area contributed by atoms with Crippen LogP contribution in [-0.4, -0.2) is 30.7 Å².